The number of aliphatic hydroxyl groups excluding tert-OH is 1. The standard InChI is InChI=1S/C17H29NO2.ClH/c18-16-14-15(11-12-17(16)20)10-8-6-4-2-1-3-5-7-9-13-19;/h11-12,14,19-20H,1-10,13,18H2;1H. The molecule has 0 aliphatic carbocycles. The van der Waals surface area contributed by atoms with Crippen LogP contribution < -0.4 is 5.73 Å². The fraction of sp³-hybridized carbons (Fsp3) is 0.647. The maximum absolute atomic E-state index is 9.35. The van der Waals surface area contributed by atoms with E-state index in [0.29, 0.717) is 12.3 Å². The topological polar surface area (TPSA) is 66.5 Å². The number of phenols is 1. The Bertz CT molecular complexity index is 372. The molecule has 4 N–H and O–H groups in total. The summed E-state index contributed by atoms with van der Waals surface area (Å²) < 4.78 is 0. The van der Waals surface area contributed by atoms with E-state index in [1.54, 1.807) is 6.07 Å². The molecule has 1 aromatic carbocycles. The summed E-state index contributed by atoms with van der Waals surface area (Å²) in [5, 5.41) is 18.0. The van der Waals surface area contributed by atoms with Crippen molar-refractivity contribution in [3.8, 4) is 5.75 Å². The lowest BCUT2D eigenvalue weighted by molar-refractivity contribution is 0.282. The first-order chi connectivity index (χ1) is 9.74. The van der Waals surface area contributed by atoms with Crippen molar-refractivity contribution >= 4 is 18.1 Å². The van der Waals surface area contributed by atoms with Crippen molar-refractivity contribution < 1.29 is 10.2 Å². The van der Waals surface area contributed by atoms with Gasteiger partial charge >= 0.3 is 0 Å². The second-order valence-corrected chi connectivity index (χ2v) is 5.55. The Morgan fingerprint density at radius 2 is 1.33 bits per heavy atom. The van der Waals surface area contributed by atoms with E-state index in [-0.39, 0.29) is 18.2 Å². The molecule has 1 rings (SSSR count). The number of hydrogen-bond acceptors (Lipinski definition) is 3. The van der Waals surface area contributed by atoms with Gasteiger partial charge in [-0.3, -0.25) is 0 Å². The molecule has 0 bridgehead atoms. The van der Waals surface area contributed by atoms with E-state index in [4.69, 9.17) is 10.8 Å². The zero-order valence-electron chi connectivity index (χ0n) is 12.9. The predicted molar refractivity (Wildman–Crippen MR) is 92.1 cm³/mol. The Hall–Kier alpha value is -0.930. The van der Waals surface area contributed by atoms with Crippen molar-refractivity contribution in [1.82, 2.24) is 0 Å². The molecule has 0 aliphatic rings. The van der Waals surface area contributed by atoms with Crippen LogP contribution in [0.25, 0.3) is 0 Å². The van der Waals surface area contributed by atoms with Crippen LogP contribution in [0, 0.1) is 0 Å². The molecule has 122 valence electrons. The number of benzene rings is 1. The number of anilines is 1. The van der Waals surface area contributed by atoms with Gasteiger partial charge in [-0.05, 0) is 37.0 Å². The Morgan fingerprint density at radius 1 is 0.810 bits per heavy atom. The van der Waals surface area contributed by atoms with E-state index in [0.717, 1.165) is 12.8 Å². The summed E-state index contributed by atoms with van der Waals surface area (Å²) in [5.41, 5.74) is 7.36. The van der Waals surface area contributed by atoms with Gasteiger partial charge in [0.25, 0.3) is 0 Å². The number of aromatic hydroxyl groups is 1. The van der Waals surface area contributed by atoms with Gasteiger partial charge in [-0.25, -0.2) is 0 Å². The van der Waals surface area contributed by atoms with Gasteiger partial charge in [-0.2, -0.15) is 0 Å². The SMILES string of the molecule is Cl.Nc1cc(CCCCCCCCCCCO)ccc1O. The third-order valence-electron chi connectivity index (χ3n) is 3.72. The molecule has 0 saturated heterocycles. The smallest absolute Gasteiger partial charge is 0.138 e. The van der Waals surface area contributed by atoms with Gasteiger partial charge in [0.2, 0.25) is 0 Å². The normalized spacial score (nSPS) is 10.3. The lowest BCUT2D eigenvalue weighted by Gasteiger charge is -2.05. The van der Waals surface area contributed by atoms with Crippen LogP contribution in [0.15, 0.2) is 18.2 Å². The van der Waals surface area contributed by atoms with Crippen LogP contribution >= 0.6 is 12.4 Å². The zero-order valence-corrected chi connectivity index (χ0v) is 13.7. The van der Waals surface area contributed by atoms with Crippen LogP contribution in [0.1, 0.15) is 63.4 Å². The highest BCUT2D eigenvalue weighted by molar-refractivity contribution is 5.85. The quantitative estimate of drug-likeness (QED) is 0.321. The van der Waals surface area contributed by atoms with Gasteiger partial charge in [0, 0.05) is 6.61 Å². The summed E-state index contributed by atoms with van der Waals surface area (Å²) in [5.74, 6) is 0.176. The summed E-state index contributed by atoms with van der Waals surface area (Å²) in [6, 6.07) is 5.50. The number of nitrogens with two attached hydrogens (primary N) is 1. The van der Waals surface area contributed by atoms with Crippen LogP contribution in [0.3, 0.4) is 0 Å². The van der Waals surface area contributed by atoms with Crippen molar-refractivity contribution in [3.63, 3.8) is 0 Å². The van der Waals surface area contributed by atoms with Gasteiger partial charge < -0.3 is 15.9 Å². The zero-order chi connectivity index (χ0) is 14.6. The molecule has 0 unspecified atom stereocenters. The number of hydrogen-bond donors (Lipinski definition) is 3. The van der Waals surface area contributed by atoms with Gasteiger partial charge in [0.05, 0.1) is 5.69 Å². The first kappa shape index (κ1) is 20.1. The monoisotopic (exact) mass is 315 g/mol. The summed E-state index contributed by atoms with van der Waals surface area (Å²) in [6.45, 7) is 0.335. The largest absolute Gasteiger partial charge is 0.506 e. The Kier molecular flexibility index (Phi) is 12.2. The third kappa shape index (κ3) is 9.59. The average Bonchev–Trinajstić information content (AvgIpc) is 2.45. The summed E-state index contributed by atoms with van der Waals surface area (Å²) >= 11 is 0. The number of rotatable bonds is 11. The van der Waals surface area contributed by atoms with E-state index in [1.807, 2.05) is 12.1 Å². The maximum Gasteiger partial charge on any atom is 0.138 e. The number of phenolic OH excluding ortho intramolecular Hbond substituents is 1. The molecule has 0 spiro atoms. The average molecular weight is 316 g/mol. The molecule has 21 heavy (non-hydrogen) atoms. The summed E-state index contributed by atoms with van der Waals surface area (Å²) in [6.07, 6.45) is 12.1. The van der Waals surface area contributed by atoms with Gasteiger partial charge in [-0.15, -0.1) is 12.4 Å². The number of aryl methyl sites for hydroxylation is 1. The Labute approximate surface area is 135 Å². The Balaban J connectivity index is 0.00000400. The van der Waals surface area contributed by atoms with E-state index >= 15 is 0 Å². The summed E-state index contributed by atoms with van der Waals surface area (Å²) in [7, 11) is 0. The van der Waals surface area contributed by atoms with E-state index in [1.165, 1.54) is 56.9 Å². The van der Waals surface area contributed by atoms with Crippen molar-refractivity contribution in [2.45, 2.75) is 64.2 Å². The highest BCUT2D eigenvalue weighted by atomic mass is 35.5. The van der Waals surface area contributed by atoms with E-state index < -0.39 is 0 Å². The van der Waals surface area contributed by atoms with Gasteiger partial charge in [-0.1, -0.05) is 51.0 Å². The van der Waals surface area contributed by atoms with Crippen LogP contribution in [0.5, 0.6) is 5.75 Å². The molecule has 0 amide bonds. The fourth-order valence-electron chi connectivity index (χ4n) is 2.44. The van der Waals surface area contributed by atoms with Crippen molar-refractivity contribution in [2.24, 2.45) is 0 Å². The van der Waals surface area contributed by atoms with Crippen LogP contribution in [-0.4, -0.2) is 16.8 Å². The molecular formula is C17H30ClNO2. The molecule has 0 aliphatic heterocycles. The second-order valence-electron chi connectivity index (χ2n) is 5.55. The highest BCUT2D eigenvalue weighted by Crippen LogP contribution is 2.21. The minimum Gasteiger partial charge on any atom is -0.506 e. The lowest BCUT2D eigenvalue weighted by atomic mass is 10.0. The van der Waals surface area contributed by atoms with Gasteiger partial charge in [0.15, 0.2) is 0 Å². The molecule has 3 nitrogen and oxygen atoms in total. The number of halogens is 1. The molecular weight excluding hydrogens is 286 g/mol. The lowest BCUT2D eigenvalue weighted by Crippen LogP contribution is -1.91. The molecule has 0 fully saturated rings. The Morgan fingerprint density at radius 3 is 1.86 bits per heavy atom. The molecule has 0 radical (unpaired) electrons. The van der Waals surface area contributed by atoms with Crippen molar-refractivity contribution in [2.75, 3.05) is 12.3 Å². The first-order valence-corrected chi connectivity index (χ1v) is 7.92. The van der Waals surface area contributed by atoms with E-state index in [9.17, 15) is 5.11 Å². The number of unbranched alkanes of at least 4 members (excludes halogenated alkanes) is 8. The maximum atomic E-state index is 9.35. The molecule has 0 aromatic heterocycles. The first-order valence-electron chi connectivity index (χ1n) is 7.92. The molecule has 4 heteroatoms. The second kappa shape index (κ2) is 12.8. The molecule has 0 saturated carbocycles. The molecule has 0 atom stereocenters. The third-order valence-corrected chi connectivity index (χ3v) is 3.72. The fourth-order valence-corrected chi connectivity index (χ4v) is 2.44. The van der Waals surface area contributed by atoms with Crippen LogP contribution in [0.2, 0.25) is 0 Å². The van der Waals surface area contributed by atoms with Crippen molar-refractivity contribution in [1.29, 1.82) is 0 Å². The van der Waals surface area contributed by atoms with Crippen LogP contribution in [0.4, 0.5) is 5.69 Å². The van der Waals surface area contributed by atoms with Crippen molar-refractivity contribution in [3.05, 3.63) is 23.8 Å². The minimum atomic E-state index is 0. The predicted octanol–water partition coefficient (Wildman–Crippen LogP) is 4.44. The molecule has 0 heterocycles. The highest BCUT2D eigenvalue weighted by Gasteiger charge is 1.99. The number of nitrogen functional groups attached to an aromatic ring is 1. The molecule has 1 aromatic rings. The van der Waals surface area contributed by atoms with Crippen LogP contribution in [-0.2, 0) is 6.42 Å². The summed E-state index contributed by atoms with van der Waals surface area (Å²) in [4.78, 5) is 0. The van der Waals surface area contributed by atoms with Gasteiger partial charge in [0.1, 0.15) is 5.75 Å². The minimum absolute atomic E-state index is 0. The van der Waals surface area contributed by atoms with E-state index in [2.05, 4.69) is 0 Å². The number of aliphatic hydroxyl groups is 1.